The molecule has 0 aliphatic heterocycles. The van der Waals surface area contributed by atoms with Crippen LogP contribution in [0, 0.1) is 21.7 Å². The van der Waals surface area contributed by atoms with Gasteiger partial charge in [-0.15, -0.1) is 0 Å². The molecule has 0 saturated carbocycles. The van der Waals surface area contributed by atoms with Gasteiger partial charge >= 0.3 is 5.95 Å². The molecule has 0 unspecified atom stereocenters. The van der Waals surface area contributed by atoms with Crippen LogP contribution in [0.2, 0.25) is 0 Å². The van der Waals surface area contributed by atoms with Crippen molar-refractivity contribution in [3.8, 4) is 0 Å². The fraction of sp³-hybridized carbons (Fsp3) is 0.250. The smallest absolute Gasteiger partial charge is 0.390 e. The number of hydrogen-bond acceptors (Lipinski definition) is 5. The Hall–Kier alpha value is -2.91. The third-order valence-electron chi connectivity index (χ3n) is 2.68. The number of anilines is 1. The van der Waals surface area contributed by atoms with Gasteiger partial charge in [-0.25, -0.2) is 8.78 Å². The molecule has 8 nitrogen and oxygen atoms in total. The van der Waals surface area contributed by atoms with Crippen LogP contribution in [0.5, 0.6) is 0 Å². The molecular formula is C12H11F2N5O3. The molecular weight excluding hydrogens is 300 g/mol. The maximum absolute atomic E-state index is 13.3. The molecule has 0 fully saturated rings. The summed E-state index contributed by atoms with van der Waals surface area (Å²) in [6, 6.07) is 2.83. The number of carbonyl (C=O) groups is 1. The number of carbonyl (C=O) groups excluding carboxylic acids is 1. The van der Waals surface area contributed by atoms with E-state index >= 15 is 0 Å². The summed E-state index contributed by atoms with van der Waals surface area (Å²) in [5.41, 5.74) is -0.109. The minimum Gasteiger partial charge on any atom is -0.390 e. The van der Waals surface area contributed by atoms with Gasteiger partial charge in [0.05, 0.1) is 12.2 Å². The van der Waals surface area contributed by atoms with E-state index in [0.717, 1.165) is 12.1 Å². The van der Waals surface area contributed by atoms with Gasteiger partial charge < -0.3 is 15.4 Å². The minimum atomic E-state index is -0.861. The number of amides is 1. The summed E-state index contributed by atoms with van der Waals surface area (Å²) in [5, 5.41) is 16.3. The number of hydrogen-bond donors (Lipinski definition) is 1. The van der Waals surface area contributed by atoms with E-state index in [9.17, 15) is 23.7 Å². The first kappa shape index (κ1) is 15.5. The second-order valence-corrected chi connectivity index (χ2v) is 4.34. The quantitative estimate of drug-likeness (QED) is 0.648. The third kappa shape index (κ3) is 4.04. The lowest BCUT2D eigenvalue weighted by Crippen LogP contribution is -2.13. The minimum absolute atomic E-state index is 0.0461. The van der Waals surface area contributed by atoms with E-state index in [4.69, 9.17) is 0 Å². The number of rotatable bonds is 6. The SMILES string of the molecule is O=C(CCCn1cnc([N+](=O)[O-])n1)Nc1ccc(F)cc1F. The van der Waals surface area contributed by atoms with E-state index in [1.165, 1.54) is 11.0 Å². The van der Waals surface area contributed by atoms with E-state index in [0.29, 0.717) is 12.5 Å². The van der Waals surface area contributed by atoms with E-state index in [1.807, 2.05) is 0 Å². The number of nitro groups is 1. The molecule has 0 atom stereocenters. The zero-order valence-corrected chi connectivity index (χ0v) is 11.2. The van der Waals surface area contributed by atoms with Gasteiger partial charge in [-0.05, 0) is 23.5 Å². The van der Waals surface area contributed by atoms with Crippen molar-refractivity contribution in [2.24, 2.45) is 0 Å². The molecule has 1 aromatic heterocycles. The van der Waals surface area contributed by atoms with Crippen molar-refractivity contribution < 1.29 is 18.5 Å². The van der Waals surface area contributed by atoms with Gasteiger partial charge in [0.1, 0.15) is 11.6 Å². The molecule has 0 spiro atoms. The molecule has 1 amide bonds. The lowest BCUT2D eigenvalue weighted by atomic mass is 10.2. The molecule has 2 aromatic rings. The zero-order chi connectivity index (χ0) is 16.1. The highest BCUT2D eigenvalue weighted by Gasteiger charge is 2.13. The summed E-state index contributed by atoms with van der Waals surface area (Å²) in [5.74, 6) is -2.57. The van der Waals surface area contributed by atoms with Crippen molar-refractivity contribution in [2.45, 2.75) is 19.4 Å². The molecule has 0 saturated heterocycles. The molecule has 1 N–H and O–H groups in total. The maximum Gasteiger partial charge on any atom is 0.490 e. The van der Waals surface area contributed by atoms with Gasteiger partial charge in [0.25, 0.3) is 0 Å². The van der Waals surface area contributed by atoms with Crippen molar-refractivity contribution >= 4 is 17.5 Å². The molecule has 2 rings (SSSR count). The normalized spacial score (nSPS) is 10.5. The Bertz CT molecular complexity index is 704. The Kier molecular flexibility index (Phi) is 4.71. The van der Waals surface area contributed by atoms with Crippen molar-refractivity contribution in [3.63, 3.8) is 0 Å². The van der Waals surface area contributed by atoms with E-state index in [2.05, 4.69) is 15.4 Å². The van der Waals surface area contributed by atoms with Crippen molar-refractivity contribution in [3.05, 3.63) is 46.3 Å². The van der Waals surface area contributed by atoms with Gasteiger partial charge in [0, 0.05) is 17.6 Å². The molecule has 10 heteroatoms. The largest absolute Gasteiger partial charge is 0.490 e. The summed E-state index contributed by atoms with van der Waals surface area (Å²) in [4.78, 5) is 24.8. The summed E-state index contributed by atoms with van der Waals surface area (Å²) in [6.07, 6.45) is 1.56. The standard InChI is InChI=1S/C12H11F2N5O3/c13-8-3-4-10(9(14)6-8)16-11(20)2-1-5-18-7-15-12(17-18)19(21)22/h3-4,6-7H,1-2,5H2,(H,16,20). The van der Waals surface area contributed by atoms with E-state index < -0.39 is 28.4 Å². The Morgan fingerprint density at radius 1 is 1.41 bits per heavy atom. The lowest BCUT2D eigenvalue weighted by Gasteiger charge is -2.05. The summed E-state index contributed by atoms with van der Waals surface area (Å²) >= 11 is 0. The van der Waals surface area contributed by atoms with Crippen molar-refractivity contribution in [1.82, 2.24) is 14.8 Å². The zero-order valence-electron chi connectivity index (χ0n) is 11.2. The van der Waals surface area contributed by atoms with Crippen molar-refractivity contribution in [1.29, 1.82) is 0 Å². The Balaban J connectivity index is 1.81. The van der Waals surface area contributed by atoms with Crippen LogP contribution in [0.25, 0.3) is 0 Å². The van der Waals surface area contributed by atoms with Gasteiger partial charge in [0.2, 0.25) is 12.2 Å². The van der Waals surface area contributed by atoms with Crippen LogP contribution in [-0.4, -0.2) is 25.6 Å². The van der Waals surface area contributed by atoms with Crippen LogP contribution >= 0.6 is 0 Å². The number of nitrogens with zero attached hydrogens (tertiary/aromatic N) is 4. The van der Waals surface area contributed by atoms with E-state index in [-0.39, 0.29) is 18.7 Å². The van der Waals surface area contributed by atoms with Crippen LogP contribution in [-0.2, 0) is 11.3 Å². The number of nitrogens with one attached hydrogen (secondary N) is 1. The predicted molar refractivity (Wildman–Crippen MR) is 70.9 cm³/mol. The number of aryl methyl sites for hydroxylation is 1. The molecule has 1 aromatic carbocycles. The van der Waals surface area contributed by atoms with Gasteiger partial charge in [-0.2, -0.15) is 4.68 Å². The molecule has 0 radical (unpaired) electrons. The summed E-state index contributed by atoms with van der Waals surface area (Å²) in [6.45, 7) is 0.250. The highest BCUT2D eigenvalue weighted by Crippen LogP contribution is 2.15. The fourth-order valence-corrected chi connectivity index (χ4v) is 1.68. The van der Waals surface area contributed by atoms with Gasteiger partial charge in [0.15, 0.2) is 0 Å². The maximum atomic E-state index is 13.3. The molecule has 1 heterocycles. The second-order valence-electron chi connectivity index (χ2n) is 4.34. The first-order valence-electron chi connectivity index (χ1n) is 6.24. The highest BCUT2D eigenvalue weighted by atomic mass is 19.1. The summed E-state index contributed by atoms with van der Waals surface area (Å²) < 4.78 is 27.3. The fourth-order valence-electron chi connectivity index (χ4n) is 1.68. The summed E-state index contributed by atoms with van der Waals surface area (Å²) in [7, 11) is 0. The average Bonchev–Trinajstić information content (AvgIpc) is 2.91. The van der Waals surface area contributed by atoms with Crippen LogP contribution < -0.4 is 5.32 Å². The van der Waals surface area contributed by atoms with Gasteiger partial charge in [-0.3, -0.25) is 4.79 Å². The van der Waals surface area contributed by atoms with Crippen LogP contribution in [0.15, 0.2) is 24.5 Å². The van der Waals surface area contributed by atoms with Crippen LogP contribution in [0.1, 0.15) is 12.8 Å². The van der Waals surface area contributed by atoms with Crippen LogP contribution in [0.4, 0.5) is 20.4 Å². The first-order valence-corrected chi connectivity index (χ1v) is 6.24. The Morgan fingerprint density at radius 3 is 2.82 bits per heavy atom. The molecule has 0 aliphatic carbocycles. The highest BCUT2D eigenvalue weighted by molar-refractivity contribution is 5.90. The first-order chi connectivity index (χ1) is 10.5. The average molecular weight is 311 g/mol. The topological polar surface area (TPSA) is 103 Å². The molecule has 22 heavy (non-hydrogen) atoms. The number of benzene rings is 1. The molecule has 0 aliphatic rings. The second kappa shape index (κ2) is 6.70. The molecule has 0 bridgehead atoms. The molecule has 116 valence electrons. The Morgan fingerprint density at radius 2 is 2.18 bits per heavy atom. The van der Waals surface area contributed by atoms with Gasteiger partial charge in [-0.1, -0.05) is 4.98 Å². The predicted octanol–water partition coefficient (Wildman–Crippen LogP) is 1.88. The number of halogens is 2. The number of aromatic nitrogens is 3. The van der Waals surface area contributed by atoms with E-state index in [1.54, 1.807) is 0 Å². The third-order valence-corrected chi connectivity index (χ3v) is 2.68. The van der Waals surface area contributed by atoms with Crippen molar-refractivity contribution in [2.75, 3.05) is 5.32 Å². The van der Waals surface area contributed by atoms with Crippen LogP contribution in [0.3, 0.4) is 0 Å². The lowest BCUT2D eigenvalue weighted by molar-refractivity contribution is -0.394. The monoisotopic (exact) mass is 311 g/mol. The Labute approximate surface area is 122 Å².